The number of rotatable bonds is 8. The first-order chi connectivity index (χ1) is 14.7. The lowest BCUT2D eigenvalue weighted by Crippen LogP contribution is -2.62. The standard InChI is InChI=1S/C21H26O10/c1-12(22)26-11-17-18(28-13(2)23)19(29-14(3)24)20(30-15(4)25)21(31-17)27-10-16-8-6-5-7-9-16/h5-9,17-21H,10-11H2,1-4H3/t17-,18-,19-,20+,21-/m1/s1. The molecule has 0 aromatic heterocycles. The van der Waals surface area contributed by atoms with Crippen molar-refractivity contribution >= 4 is 23.9 Å². The van der Waals surface area contributed by atoms with E-state index < -0.39 is 54.6 Å². The Morgan fingerprint density at radius 2 is 1.32 bits per heavy atom. The van der Waals surface area contributed by atoms with Crippen LogP contribution in [0.4, 0.5) is 0 Å². The van der Waals surface area contributed by atoms with Crippen molar-refractivity contribution in [2.45, 2.75) is 65.0 Å². The molecule has 0 saturated carbocycles. The van der Waals surface area contributed by atoms with Gasteiger partial charge in [0.25, 0.3) is 0 Å². The number of carbonyl (C=O) groups is 4. The molecule has 1 aromatic rings. The van der Waals surface area contributed by atoms with Crippen molar-refractivity contribution in [1.29, 1.82) is 0 Å². The first-order valence-electron chi connectivity index (χ1n) is 9.63. The van der Waals surface area contributed by atoms with E-state index in [1.165, 1.54) is 13.8 Å². The summed E-state index contributed by atoms with van der Waals surface area (Å²) in [6.45, 7) is 4.49. The summed E-state index contributed by atoms with van der Waals surface area (Å²) < 4.78 is 32.6. The molecule has 1 aromatic carbocycles. The van der Waals surface area contributed by atoms with Crippen molar-refractivity contribution in [3.8, 4) is 0 Å². The molecule has 0 spiro atoms. The van der Waals surface area contributed by atoms with Crippen LogP contribution in [0.3, 0.4) is 0 Å². The van der Waals surface area contributed by atoms with Crippen LogP contribution < -0.4 is 0 Å². The maximum Gasteiger partial charge on any atom is 0.303 e. The maximum atomic E-state index is 11.8. The molecule has 0 bridgehead atoms. The lowest BCUT2D eigenvalue weighted by molar-refractivity contribution is -0.310. The first-order valence-corrected chi connectivity index (χ1v) is 9.63. The molecular weight excluding hydrogens is 412 g/mol. The average Bonchev–Trinajstić information content (AvgIpc) is 2.68. The molecule has 1 aliphatic rings. The molecule has 1 heterocycles. The Labute approximate surface area is 179 Å². The number of carbonyl (C=O) groups excluding carboxylic acids is 4. The molecule has 5 atom stereocenters. The van der Waals surface area contributed by atoms with Gasteiger partial charge in [0.05, 0.1) is 6.61 Å². The SMILES string of the molecule is CC(=O)OC[C@H]1O[C@@H](OCc2ccccc2)[C@@H](OC(C)=O)[C@H](OC(C)=O)[C@@H]1OC(C)=O. The van der Waals surface area contributed by atoms with E-state index in [4.69, 9.17) is 28.4 Å². The van der Waals surface area contributed by atoms with E-state index in [2.05, 4.69) is 0 Å². The van der Waals surface area contributed by atoms with Crippen LogP contribution in [0.15, 0.2) is 30.3 Å². The van der Waals surface area contributed by atoms with E-state index in [-0.39, 0.29) is 13.2 Å². The zero-order chi connectivity index (χ0) is 23.0. The molecule has 10 nitrogen and oxygen atoms in total. The van der Waals surface area contributed by atoms with Crippen LogP contribution in [-0.2, 0) is 54.2 Å². The molecule has 0 amide bonds. The van der Waals surface area contributed by atoms with Gasteiger partial charge in [0.15, 0.2) is 24.6 Å². The number of ether oxygens (including phenoxy) is 6. The third-order valence-corrected chi connectivity index (χ3v) is 4.21. The number of hydrogen-bond acceptors (Lipinski definition) is 10. The van der Waals surface area contributed by atoms with Crippen molar-refractivity contribution in [2.24, 2.45) is 0 Å². The van der Waals surface area contributed by atoms with Gasteiger partial charge in [-0.05, 0) is 5.56 Å². The summed E-state index contributed by atoms with van der Waals surface area (Å²) in [4.78, 5) is 46.5. The normalized spacial score (nSPS) is 25.2. The minimum atomic E-state index is -1.25. The monoisotopic (exact) mass is 438 g/mol. The highest BCUT2D eigenvalue weighted by atomic mass is 16.7. The number of esters is 4. The molecule has 0 N–H and O–H groups in total. The Bertz CT molecular complexity index is 778. The van der Waals surface area contributed by atoms with Gasteiger partial charge in [-0.1, -0.05) is 30.3 Å². The van der Waals surface area contributed by atoms with Gasteiger partial charge in [-0.15, -0.1) is 0 Å². The summed E-state index contributed by atoms with van der Waals surface area (Å²) in [5.41, 5.74) is 0.815. The Kier molecular flexibility index (Phi) is 8.95. The topological polar surface area (TPSA) is 124 Å². The lowest BCUT2D eigenvalue weighted by atomic mass is 9.98. The second-order valence-electron chi connectivity index (χ2n) is 6.86. The highest BCUT2D eigenvalue weighted by molar-refractivity contribution is 5.68. The van der Waals surface area contributed by atoms with Crippen LogP contribution >= 0.6 is 0 Å². The van der Waals surface area contributed by atoms with Crippen LogP contribution in [0.1, 0.15) is 33.3 Å². The molecule has 10 heteroatoms. The predicted molar refractivity (Wildman–Crippen MR) is 103 cm³/mol. The number of hydrogen-bond donors (Lipinski definition) is 0. The van der Waals surface area contributed by atoms with E-state index >= 15 is 0 Å². The molecule has 1 saturated heterocycles. The molecule has 0 unspecified atom stereocenters. The third-order valence-electron chi connectivity index (χ3n) is 4.21. The van der Waals surface area contributed by atoms with Gasteiger partial charge in [-0.2, -0.15) is 0 Å². The van der Waals surface area contributed by atoms with Gasteiger partial charge in [0.1, 0.15) is 12.7 Å². The van der Waals surface area contributed by atoms with Crippen LogP contribution in [0, 0.1) is 0 Å². The third kappa shape index (κ3) is 7.65. The van der Waals surface area contributed by atoms with E-state index in [9.17, 15) is 19.2 Å². The van der Waals surface area contributed by atoms with E-state index in [1.807, 2.05) is 30.3 Å². The second kappa shape index (κ2) is 11.4. The molecule has 2 rings (SSSR count). The molecule has 1 fully saturated rings. The van der Waals surface area contributed by atoms with E-state index in [1.54, 1.807) is 0 Å². The van der Waals surface area contributed by atoms with Crippen LogP contribution in [-0.4, -0.2) is 61.2 Å². The fourth-order valence-corrected chi connectivity index (χ4v) is 3.08. The van der Waals surface area contributed by atoms with Crippen molar-refractivity contribution in [3.05, 3.63) is 35.9 Å². The zero-order valence-corrected chi connectivity index (χ0v) is 17.8. The van der Waals surface area contributed by atoms with Gasteiger partial charge >= 0.3 is 23.9 Å². The van der Waals surface area contributed by atoms with Gasteiger partial charge in [-0.25, -0.2) is 0 Å². The Morgan fingerprint density at radius 1 is 0.774 bits per heavy atom. The first kappa shape index (κ1) is 24.3. The van der Waals surface area contributed by atoms with E-state index in [0.29, 0.717) is 0 Å². The van der Waals surface area contributed by atoms with Crippen LogP contribution in [0.5, 0.6) is 0 Å². The fourth-order valence-electron chi connectivity index (χ4n) is 3.08. The Hall–Kier alpha value is -2.98. The Morgan fingerprint density at radius 3 is 1.87 bits per heavy atom. The zero-order valence-electron chi connectivity index (χ0n) is 17.8. The molecule has 1 aliphatic heterocycles. The van der Waals surface area contributed by atoms with Crippen molar-refractivity contribution in [3.63, 3.8) is 0 Å². The minimum absolute atomic E-state index is 0.0918. The van der Waals surface area contributed by atoms with Gasteiger partial charge in [0.2, 0.25) is 0 Å². The quantitative estimate of drug-likeness (QED) is 0.433. The lowest BCUT2D eigenvalue weighted by Gasteiger charge is -2.44. The van der Waals surface area contributed by atoms with Gasteiger partial charge in [-0.3, -0.25) is 19.2 Å². The van der Waals surface area contributed by atoms with Crippen LogP contribution in [0.2, 0.25) is 0 Å². The molecule has 0 aliphatic carbocycles. The molecule has 31 heavy (non-hydrogen) atoms. The fraction of sp³-hybridized carbons (Fsp3) is 0.524. The summed E-state index contributed by atoms with van der Waals surface area (Å²) >= 11 is 0. The summed E-state index contributed by atoms with van der Waals surface area (Å²) in [7, 11) is 0. The van der Waals surface area contributed by atoms with Crippen molar-refractivity contribution < 1.29 is 47.6 Å². The maximum absolute atomic E-state index is 11.8. The second-order valence-corrected chi connectivity index (χ2v) is 6.86. The smallest absolute Gasteiger partial charge is 0.303 e. The molecular formula is C21H26O10. The largest absolute Gasteiger partial charge is 0.463 e. The van der Waals surface area contributed by atoms with Gasteiger partial charge < -0.3 is 28.4 Å². The highest BCUT2D eigenvalue weighted by Crippen LogP contribution is 2.30. The average molecular weight is 438 g/mol. The van der Waals surface area contributed by atoms with Crippen molar-refractivity contribution in [2.75, 3.05) is 6.61 Å². The summed E-state index contributed by atoms with van der Waals surface area (Å²) in [6, 6.07) is 9.14. The predicted octanol–water partition coefficient (Wildman–Crippen LogP) is 1.29. The summed E-state index contributed by atoms with van der Waals surface area (Å²) in [5.74, 6) is -2.66. The highest BCUT2D eigenvalue weighted by Gasteiger charge is 2.52. The molecule has 0 radical (unpaired) electrons. The van der Waals surface area contributed by atoms with Crippen molar-refractivity contribution in [1.82, 2.24) is 0 Å². The Balaban J connectivity index is 2.35. The summed E-state index contributed by atoms with van der Waals surface area (Å²) in [6.07, 6.45) is -5.92. The number of benzene rings is 1. The minimum Gasteiger partial charge on any atom is -0.463 e. The van der Waals surface area contributed by atoms with Crippen LogP contribution in [0.25, 0.3) is 0 Å². The van der Waals surface area contributed by atoms with Gasteiger partial charge in [0, 0.05) is 27.7 Å². The van der Waals surface area contributed by atoms with E-state index in [0.717, 1.165) is 19.4 Å². The summed E-state index contributed by atoms with van der Waals surface area (Å²) in [5, 5.41) is 0. The molecule has 170 valence electrons.